The predicted octanol–water partition coefficient (Wildman–Crippen LogP) is 4.80. The van der Waals surface area contributed by atoms with Crippen molar-refractivity contribution in [2.75, 3.05) is 25.0 Å². The number of hydrogen-bond donors (Lipinski definition) is 1. The first-order chi connectivity index (χ1) is 15.0. The zero-order chi connectivity index (χ0) is 23.5. The normalized spacial score (nSPS) is 17.7. The largest absolute Gasteiger partial charge is 0.494 e. The minimum Gasteiger partial charge on any atom is -0.494 e. The number of halogens is 4. The second-order valence-corrected chi connectivity index (χ2v) is 9.66. The van der Waals surface area contributed by atoms with Crippen LogP contribution in [0.1, 0.15) is 25.3 Å². The summed E-state index contributed by atoms with van der Waals surface area (Å²) in [5.41, 5.74) is -1.48. The molecule has 0 aliphatic carbocycles. The van der Waals surface area contributed by atoms with E-state index in [9.17, 15) is 26.4 Å². The van der Waals surface area contributed by atoms with E-state index in [1.54, 1.807) is 12.1 Å². The van der Waals surface area contributed by atoms with E-state index in [4.69, 9.17) is 16.3 Å². The van der Waals surface area contributed by atoms with Crippen LogP contribution >= 0.6 is 11.6 Å². The number of nitrogens with zero attached hydrogens (tertiary/aromatic N) is 1. The Morgan fingerprint density at radius 1 is 1.22 bits per heavy atom. The molecule has 0 bridgehead atoms. The molecule has 0 unspecified atom stereocenters. The Balaban J connectivity index is 1.75. The van der Waals surface area contributed by atoms with E-state index < -0.39 is 39.3 Å². The molecular weight excluding hydrogens is 469 g/mol. The van der Waals surface area contributed by atoms with Crippen molar-refractivity contribution >= 4 is 33.2 Å². The Bertz CT molecular complexity index is 1080. The van der Waals surface area contributed by atoms with Crippen molar-refractivity contribution in [3.05, 3.63) is 53.1 Å². The van der Waals surface area contributed by atoms with Gasteiger partial charge in [0.2, 0.25) is 15.9 Å². The Morgan fingerprint density at radius 3 is 2.53 bits per heavy atom. The predicted molar refractivity (Wildman–Crippen MR) is 114 cm³/mol. The van der Waals surface area contributed by atoms with Gasteiger partial charge in [-0.3, -0.25) is 4.79 Å². The number of nitrogens with one attached hydrogen (secondary N) is 1. The number of piperidine rings is 1. The summed E-state index contributed by atoms with van der Waals surface area (Å²) in [5.74, 6) is -0.937. The molecule has 6 nitrogen and oxygen atoms in total. The number of amides is 1. The summed E-state index contributed by atoms with van der Waals surface area (Å²) in [6.45, 7) is 2.34. The first-order valence-electron chi connectivity index (χ1n) is 9.93. The van der Waals surface area contributed by atoms with Crippen LogP contribution in [-0.4, -0.2) is 38.3 Å². The number of ether oxygens (including phenoxy) is 1. The lowest BCUT2D eigenvalue weighted by molar-refractivity contribution is -0.137. The van der Waals surface area contributed by atoms with Gasteiger partial charge in [-0.15, -0.1) is 0 Å². The number of alkyl halides is 3. The van der Waals surface area contributed by atoms with Crippen molar-refractivity contribution in [2.45, 2.75) is 30.8 Å². The molecule has 0 radical (unpaired) electrons. The molecular formula is C21H22ClF3N2O4S. The summed E-state index contributed by atoms with van der Waals surface area (Å²) in [7, 11) is -3.87. The first kappa shape index (κ1) is 24.3. The summed E-state index contributed by atoms with van der Waals surface area (Å²) < 4.78 is 72.4. The number of anilines is 1. The molecule has 1 N–H and O–H groups in total. The van der Waals surface area contributed by atoms with E-state index in [0.29, 0.717) is 25.2 Å². The lowest BCUT2D eigenvalue weighted by Gasteiger charge is -2.31. The minimum absolute atomic E-state index is 0.0547. The zero-order valence-corrected chi connectivity index (χ0v) is 18.7. The van der Waals surface area contributed by atoms with E-state index in [1.807, 2.05) is 6.92 Å². The average Bonchev–Trinajstić information content (AvgIpc) is 2.75. The van der Waals surface area contributed by atoms with Crippen LogP contribution in [0.15, 0.2) is 47.4 Å². The van der Waals surface area contributed by atoms with Crippen molar-refractivity contribution in [1.82, 2.24) is 4.31 Å². The molecule has 0 aromatic heterocycles. The van der Waals surface area contributed by atoms with Crippen LogP contribution in [0.2, 0.25) is 5.02 Å². The van der Waals surface area contributed by atoms with Gasteiger partial charge in [0.15, 0.2) is 0 Å². The summed E-state index contributed by atoms with van der Waals surface area (Å²) in [6.07, 6.45) is -3.94. The Kier molecular flexibility index (Phi) is 7.36. The quantitative estimate of drug-likeness (QED) is 0.631. The fraction of sp³-hybridized carbons (Fsp3) is 0.381. The number of sulfonamides is 1. The molecule has 1 saturated heterocycles. The number of benzene rings is 2. The van der Waals surface area contributed by atoms with E-state index in [-0.39, 0.29) is 23.0 Å². The maximum atomic E-state index is 13.3. The highest BCUT2D eigenvalue weighted by molar-refractivity contribution is 7.89. The van der Waals surface area contributed by atoms with E-state index >= 15 is 0 Å². The van der Waals surface area contributed by atoms with Crippen molar-refractivity contribution in [2.24, 2.45) is 5.92 Å². The van der Waals surface area contributed by atoms with Crippen LogP contribution in [0.5, 0.6) is 5.75 Å². The smallest absolute Gasteiger partial charge is 0.418 e. The summed E-state index contributed by atoms with van der Waals surface area (Å²) in [4.78, 5) is 12.8. The Labute approximate surface area is 189 Å². The topological polar surface area (TPSA) is 75.7 Å². The molecule has 32 heavy (non-hydrogen) atoms. The highest BCUT2D eigenvalue weighted by Gasteiger charge is 2.36. The van der Waals surface area contributed by atoms with Gasteiger partial charge >= 0.3 is 6.18 Å². The molecule has 0 saturated carbocycles. The van der Waals surface area contributed by atoms with Crippen LogP contribution in [0.3, 0.4) is 0 Å². The molecule has 1 amide bonds. The van der Waals surface area contributed by atoms with Gasteiger partial charge in [0.25, 0.3) is 0 Å². The highest BCUT2D eigenvalue weighted by Crippen LogP contribution is 2.37. The van der Waals surface area contributed by atoms with Gasteiger partial charge in [-0.05, 0) is 62.2 Å². The summed E-state index contributed by atoms with van der Waals surface area (Å²) in [6, 6.07) is 9.01. The molecule has 174 valence electrons. The Morgan fingerprint density at radius 2 is 1.91 bits per heavy atom. The molecule has 0 spiro atoms. The monoisotopic (exact) mass is 490 g/mol. The van der Waals surface area contributed by atoms with Crippen molar-refractivity contribution < 1.29 is 31.1 Å². The third-order valence-electron chi connectivity index (χ3n) is 5.07. The Hall–Kier alpha value is -2.30. The van der Waals surface area contributed by atoms with Crippen LogP contribution < -0.4 is 10.1 Å². The maximum absolute atomic E-state index is 13.3. The molecule has 1 aliphatic heterocycles. The van der Waals surface area contributed by atoms with Gasteiger partial charge < -0.3 is 10.1 Å². The summed E-state index contributed by atoms with van der Waals surface area (Å²) >= 11 is 5.67. The number of carbonyl (C=O) groups excluding carboxylic acids is 1. The minimum atomic E-state index is -4.71. The van der Waals surface area contributed by atoms with Gasteiger partial charge in [-0.2, -0.15) is 17.5 Å². The molecule has 11 heteroatoms. The number of carbonyl (C=O) groups is 1. The van der Waals surface area contributed by atoms with Crippen LogP contribution in [0, 0.1) is 5.92 Å². The lowest BCUT2D eigenvalue weighted by atomic mass is 9.98. The van der Waals surface area contributed by atoms with Crippen molar-refractivity contribution in [3.8, 4) is 5.75 Å². The van der Waals surface area contributed by atoms with Gasteiger partial charge in [0.1, 0.15) is 5.75 Å². The van der Waals surface area contributed by atoms with Gasteiger partial charge in [0.05, 0.1) is 28.7 Å². The first-order valence-corrected chi connectivity index (χ1v) is 11.7. The zero-order valence-electron chi connectivity index (χ0n) is 17.2. The van der Waals surface area contributed by atoms with Crippen LogP contribution in [0.4, 0.5) is 18.9 Å². The molecule has 2 aromatic rings. The van der Waals surface area contributed by atoms with Crippen molar-refractivity contribution in [1.29, 1.82) is 0 Å². The second kappa shape index (κ2) is 9.68. The van der Waals surface area contributed by atoms with Crippen molar-refractivity contribution in [3.63, 3.8) is 0 Å². The highest BCUT2D eigenvalue weighted by atomic mass is 35.5. The standard InChI is InChI=1S/C21H22ClF3N2O4S/c1-2-31-16-6-8-17(9-7-16)32(29,30)27-11-3-4-14(13-27)20(28)26-19-10-5-15(22)12-18(19)21(23,24)25/h5-10,12,14H,2-4,11,13H2,1H3,(H,26,28)/t14-/m1/s1. The molecule has 1 heterocycles. The van der Waals surface area contributed by atoms with E-state index in [2.05, 4.69) is 5.32 Å². The van der Waals surface area contributed by atoms with E-state index in [1.165, 1.54) is 22.5 Å². The summed E-state index contributed by atoms with van der Waals surface area (Å²) in [5, 5.41) is 2.18. The van der Waals surface area contributed by atoms with Gasteiger partial charge in [-0.25, -0.2) is 8.42 Å². The third kappa shape index (κ3) is 5.54. The second-order valence-electron chi connectivity index (χ2n) is 7.28. The lowest BCUT2D eigenvalue weighted by Crippen LogP contribution is -2.43. The van der Waals surface area contributed by atoms with Gasteiger partial charge in [0, 0.05) is 18.1 Å². The fourth-order valence-corrected chi connectivity index (χ4v) is 5.19. The van der Waals surface area contributed by atoms with E-state index in [0.717, 1.165) is 12.1 Å². The van der Waals surface area contributed by atoms with Crippen LogP contribution in [-0.2, 0) is 21.0 Å². The number of rotatable bonds is 6. The van der Waals surface area contributed by atoms with Crippen LogP contribution in [0.25, 0.3) is 0 Å². The fourth-order valence-electron chi connectivity index (χ4n) is 3.49. The maximum Gasteiger partial charge on any atom is 0.418 e. The number of hydrogen-bond acceptors (Lipinski definition) is 4. The molecule has 1 fully saturated rings. The average molecular weight is 491 g/mol. The third-order valence-corrected chi connectivity index (χ3v) is 7.19. The van der Waals surface area contributed by atoms with Gasteiger partial charge in [-0.1, -0.05) is 11.6 Å². The molecule has 2 aromatic carbocycles. The molecule has 3 rings (SSSR count). The SMILES string of the molecule is CCOc1ccc(S(=O)(=O)N2CCC[C@@H](C(=O)Nc3ccc(Cl)cc3C(F)(F)F)C2)cc1. The molecule has 1 atom stereocenters. The molecule has 1 aliphatic rings.